The molecule has 3 aromatic rings. The van der Waals surface area contributed by atoms with E-state index < -0.39 is 0 Å². The summed E-state index contributed by atoms with van der Waals surface area (Å²) in [7, 11) is 0. The topological polar surface area (TPSA) is 85.5 Å². The summed E-state index contributed by atoms with van der Waals surface area (Å²) in [6.45, 7) is 2.44. The van der Waals surface area contributed by atoms with Gasteiger partial charge in [0.05, 0.1) is 11.1 Å². The first kappa shape index (κ1) is 18.2. The molecule has 0 radical (unpaired) electrons. The monoisotopic (exact) mass is 395 g/mol. The predicted octanol–water partition coefficient (Wildman–Crippen LogP) is 3.35. The van der Waals surface area contributed by atoms with Crippen molar-refractivity contribution in [3.8, 4) is 5.75 Å². The molecule has 28 heavy (non-hydrogen) atoms. The van der Waals surface area contributed by atoms with Gasteiger partial charge in [-0.05, 0) is 36.8 Å². The van der Waals surface area contributed by atoms with Gasteiger partial charge in [-0.1, -0.05) is 36.0 Å². The van der Waals surface area contributed by atoms with Crippen LogP contribution >= 0.6 is 11.8 Å². The molecule has 7 nitrogen and oxygen atoms in total. The number of amides is 2. The highest BCUT2D eigenvalue weighted by atomic mass is 32.2. The normalized spacial score (nSPS) is 13.1. The number of fused-ring (bicyclic) bond motifs is 1. The molecule has 0 atom stereocenters. The van der Waals surface area contributed by atoms with Crippen LogP contribution in [0, 0.1) is 6.92 Å². The number of carbonyl (C=O) groups is 2. The van der Waals surface area contributed by atoms with Crippen LogP contribution in [0.15, 0.2) is 58.2 Å². The first-order valence-electron chi connectivity index (χ1n) is 8.72. The summed E-state index contributed by atoms with van der Waals surface area (Å²) in [6, 6.07) is 14.5. The molecule has 1 aromatic heterocycles. The maximum Gasteiger partial charge on any atom is 0.276 e. The SMILES string of the molecule is Cc1cccc(OCc2nnc(SCCN3C(=O)c4ccccc4C3=O)o2)c1. The Hall–Kier alpha value is -3.13. The fourth-order valence-electron chi connectivity index (χ4n) is 2.87. The number of hydrogen-bond acceptors (Lipinski definition) is 7. The quantitative estimate of drug-likeness (QED) is 0.448. The highest BCUT2D eigenvalue weighted by molar-refractivity contribution is 7.99. The molecule has 2 amide bonds. The van der Waals surface area contributed by atoms with Gasteiger partial charge in [-0.2, -0.15) is 0 Å². The molecule has 1 aliphatic heterocycles. The lowest BCUT2D eigenvalue weighted by molar-refractivity contribution is 0.0664. The number of rotatable bonds is 7. The van der Waals surface area contributed by atoms with Gasteiger partial charge in [-0.3, -0.25) is 14.5 Å². The van der Waals surface area contributed by atoms with E-state index in [2.05, 4.69) is 10.2 Å². The summed E-state index contributed by atoms with van der Waals surface area (Å²) in [5.41, 5.74) is 2.00. The first-order chi connectivity index (χ1) is 13.6. The zero-order chi connectivity index (χ0) is 19.5. The van der Waals surface area contributed by atoms with Crippen LogP contribution in [0.2, 0.25) is 0 Å². The van der Waals surface area contributed by atoms with Crippen LogP contribution in [-0.4, -0.2) is 39.2 Å². The van der Waals surface area contributed by atoms with E-state index in [1.165, 1.54) is 16.7 Å². The molecule has 4 rings (SSSR count). The third-order valence-corrected chi connectivity index (χ3v) is 5.02. The van der Waals surface area contributed by atoms with Gasteiger partial charge in [0.1, 0.15) is 5.75 Å². The molecule has 0 bridgehead atoms. The summed E-state index contributed by atoms with van der Waals surface area (Å²) in [6.07, 6.45) is 0. The van der Waals surface area contributed by atoms with Crippen molar-refractivity contribution in [3.05, 3.63) is 71.1 Å². The van der Waals surface area contributed by atoms with Gasteiger partial charge in [0.2, 0.25) is 0 Å². The Labute approximate surface area is 165 Å². The molecule has 142 valence electrons. The van der Waals surface area contributed by atoms with Crippen LogP contribution in [0.3, 0.4) is 0 Å². The predicted molar refractivity (Wildman–Crippen MR) is 102 cm³/mol. The smallest absolute Gasteiger partial charge is 0.276 e. The third-order valence-electron chi connectivity index (χ3n) is 4.22. The number of benzene rings is 2. The van der Waals surface area contributed by atoms with Gasteiger partial charge < -0.3 is 9.15 Å². The van der Waals surface area contributed by atoms with Crippen molar-refractivity contribution >= 4 is 23.6 Å². The van der Waals surface area contributed by atoms with Gasteiger partial charge in [0.25, 0.3) is 22.9 Å². The van der Waals surface area contributed by atoms with Crippen LogP contribution in [0.25, 0.3) is 0 Å². The number of nitrogens with zero attached hydrogens (tertiary/aromatic N) is 3. The van der Waals surface area contributed by atoms with E-state index in [-0.39, 0.29) is 25.0 Å². The number of aryl methyl sites for hydroxylation is 1. The highest BCUT2D eigenvalue weighted by Crippen LogP contribution is 2.24. The van der Waals surface area contributed by atoms with Gasteiger partial charge in [-0.25, -0.2) is 0 Å². The van der Waals surface area contributed by atoms with Crippen molar-refractivity contribution in [2.24, 2.45) is 0 Å². The zero-order valence-electron chi connectivity index (χ0n) is 15.1. The summed E-state index contributed by atoms with van der Waals surface area (Å²) < 4.78 is 11.2. The van der Waals surface area contributed by atoms with Crippen molar-refractivity contribution in [2.75, 3.05) is 12.3 Å². The second-order valence-corrected chi connectivity index (χ2v) is 7.27. The van der Waals surface area contributed by atoms with E-state index in [1.807, 2.05) is 31.2 Å². The first-order valence-corrected chi connectivity index (χ1v) is 9.70. The second-order valence-electron chi connectivity index (χ2n) is 6.22. The van der Waals surface area contributed by atoms with E-state index >= 15 is 0 Å². The Morgan fingerprint density at radius 2 is 1.79 bits per heavy atom. The minimum Gasteiger partial charge on any atom is -0.484 e. The number of carbonyl (C=O) groups excluding carboxylic acids is 2. The number of hydrogen-bond donors (Lipinski definition) is 0. The number of thioether (sulfide) groups is 1. The van der Waals surface area contributed by atoms with E-state index in [4.69, 9.17) is 9.15 Å². The van der Waals surface area contributed by atoms with Crippen LogP contribution in [0.1, 0.15) is 32.2 Å². The highest BCUT2D eigenvalue weighted by Gasteiger charge is 2.34. The standard InChI is InChI=1S/C20H17N3O4S/c1-13-5-4-6-14(11-13)26-12-17-21-22-20(27-17)28-10-9-23-18(24)15-7-2-3-8-16(15)19(23)25/h2-8,11H,9-10,12H2,1H3. The van der Waals surface area contributed by atoms with Crippen molar-refractivity contribution in [1.29, 1.82) is 0 Å². The van der Waals surface area contributed by atoms with Crippen molar-refractivity contribution in [3.63, 3.8) is 0 Å². The minimum atomic E-state index is -0.265. The lowest BCUT2D eigenvalue weighted by Crippen LogP contribution is -2.31. The average molecular weight is 395 g/mol. The van der Waals surface area contributed by atoms with Gasteiger partial charge in [0, 0.05) is 12.3 Å². The fourth-order valence-corrected chi connectivity index (χ4v) is 3.57. The Balaban J connectivity index is 1.28. The lowest BCUT2D eigenvalue weighted by Gasteiger charge is -2.12. The van der Waals surface area contributed by atoms with Gasteiger partial charge >= 0.3 is 0 Å². The molecule has 0 N–H and O–H groups in total. The maximum absolute atomic E-state index is 12.3. The lowest BCUT2D eigenvalue weighted by atomic mass is 10.1. The third kappa shape index (κ3) is 3.77. The molecule has 0 unspecified atom stereocenters. The molecule has 0 fully saturated rings. The summed E-state index contributed by atoms with van der Waals surface area (Å²) >= 11 is 1.29. The number of aromatic nitrogens is 2. The van der Waals surface area contributed by atoms with Gasteiger partial charge in [0.15, 0.2) is 6.61 Å². The van der Waals surface area contributed by atoms with Crippen LogP contribution in [-0.2, 0) is 6.61 Å². The summed E-state index contributed by atoms with van der Waals surface area (Å²) in [4.78, 5) is 25.9. The van der Waals surface area contributed by atoms with Crippen molar-refractivity contribution in [2.45, 2.75) is 18.8 Å². The Bertz CT molecular complexity index is 999. The van der Waals surface area contributed by atoms with Crippen LogP contribution in [0.5, 0.6) is 5.75 Å². The molecular formula is C20H17N3O4S. The molecule has 0 aliphatic carbocycles. The molecule has 0 saturated heterocycles. The molecule has 8 heteroatoms. The van der Waals surface area contributed by atoms with E-state index in [0.29, 0.717) is 28.0 Å². The Morgan fingerprint density at radius 3 is 2.50 bits per heavy atom. The van der Waals surface area contributed by atoms with Crippen LogP contribution < -0.4 is 4.74 Å². The Morgan fingerprint density at radius 1 is 1.04 bits per heavy atom. The van der Waals surface area contributed by atoms with Crippen molar-refractivity contribution < 1.29 is 18.7 Å². The molecule has 0 saturated carbocycles. The summed E-state index contributed by atoms with van der Waals surface area (Å²) in [5.74, 6) is 1.03. The number of imide groups is 1. The molecule has 2 heterocycles. The largest absolute Gasteiger partial charge is 0.484 e. The maximum atomic E-state index is 12.3. The molecular weight excluding hydrogens is 378 g/mol. The summed E-state index contributed by atoms with van der Waals surface area (Å²) in [5, 5.41) is 8.30. The van der Waals surface area contributed by atoms with E-state index in [9.17, 15) is 9.59 Å². The molecule has 2 aromatic carbocycles. The van der Waals surface area contributed by atoms with Gasteiger partial charge in [-0.15, -0.1) is 10.2 Å². The fraction of sp³-hybridized carbons (Fsp3) is 0.200. The second kappa shape index (κ2) is 7.85. The van der Waals surface area contributed by atoms with E-state index in [1.54, 1.807) is 24.3 Å². The number of ether oxygens (including phenoxy) is 1. The molecule has 1 aliphatic rings. The average Bonchev–Trinajstić information content (AvgIpc) is 3.25. The van der Waals surface area contributed by atoms with Crippen LogP contribution in [0.4, 0.5) is 0 Å². The zero-order valence-corrected chi connectivity index (χ0v) is 15.9. The minimum absolute atomic E-state index is 0.176. The van der Waals surface area contributed by atoms with E-state index in [0.717, 1.165) is 11.3 Å². The Kier molecular flexibility index (Phi) is 5.12. The van der Waals surface area contributed by atoms with Crippen molar-refractivity contribution in [1.82, 2.24) is 15.1 Å². The molecule has 0 spiro atoms.